The van der Waals surface area contributed by atoms with Gasteiger partial charge in [0.05, 0.1) is 5.25 Å². The van der Waals surface area contributed by atoms with Crippen molar-refractivity contribution in [1.82, 2.24) is 5.32 Å². The molecule has 1 aromatic carbocycles. The summed E-state index contributed by atoms with van der Waals surface area (Å²) in [5.41, 5.74) is 1.13. The molecule has 2 unspecified atom stereocenters. The Hall–Kier alpha value is -0.390. The molecule has 0 amide bonds. The molecule has 19 heavy (non-hydrogen) atoms. The van der Waals surface area contributed by atoms with Crippen molar-refractivity contribution >= 4 is 25.8 Å². The van der Waals surface area contributed by atoms with E-state index in [1.54, 1.807) is 6.92 Å². The first-order valence-electron chi connectivity index (χ1n) is 6.52. The quantitative estimate of drug-likeness (QED) is 0.824. The van der Waals surface area contributed by atoms with Gasteiger partial charge in [0.2, 0.25) is 0 Å². The predicted octanol–water partition coefficient (Wildman–Crippen LogP) is 2.79. The third kappa shape index (κ3) is 5.24. The smallest absolute Gasteiger partial charge is 0.151 e. The maximum atomic E-state index is 11.8. The third-order valence-electron chi connectivity index (χ3n) is 3.30. The van der Waals surface area contributed by atoms with Gasteiger partial charge in [-0.3, -0.25) is 0 Å². The average Bonchev–Trinajstić information content (AvgIpc) is 2.34. The van der Waals surface area contributed by atoms with Crippen molar-refractivity contribution in [2.24, 2.45) is 0 Å². The highest BCUT2D eigenvalue weighted by molar-refractivity contribution is 9.10. The lowest BCUT2D eigenvalue weighted by atomic mass is 10.0. The number of benzene rings is 1. The van der Waals surface area contributed by atoms with Crippen LogP contribution in [0.2, 0.25) is 0 Å². The van der Waals surface area contributed by atoms with Crippen LogP contribution in [0.3, 0.4) is 0 Å². The lowest BCUT2D eigenvalue weighted by Gasteiger charge is -2.24. The molecule has 0 aliphatic carbocycles. The summed E-state index contributed by atoms with van der Waals surface area (Å²) < 4.78 is 24.5. The van der Waals surface area contributed by atoms with Gasteiger partial charge in [0.25, 0.3) is 0 Å². The van der Waals surface area contributed by atoms with Crippen LogP contribution in [-0.4, -0.2) is 32.5 Å². The largest absolute Gasteiger partial charge is 0.312 e. The summed E-state index contributed by atoms with van der Waals surface area (Å²) in [6.07, 6.45) is 3.00. The van der Waals surface area contributed by atoms with Crippen LogP contribution in [0, 0.1) is 0 Å². The molecule has 0 aliphatic heterocycles. The predicted molar refractivity (Wildman–Crippen MR) is 84.2 cm³/mol. The van der Waals surface area contributed by atoms with Crippen LogP contribution >= 0.6 is 15.9 Å². The second-order valence-corrected chi connectivity index (χ2v) is 8.15. The van der Waals surface area contributed by atoms with Crippen LogP contribution in [-0.2, 0) is 16.3 Å². The molecule has 0 bridgehead atoms. The summed E-state index contributed by atoms with van der Waals surface area (Å²) in [5.74, 6) is 0. The molecule has 0 fully saturated rings. The normalized spacial score (nSPS) is 15.2. The number of hydrogen-bond donors (Lipinski definition) is 1. The molecule has 2 atom stereocenters. The van der Waals surface area contributed by atoms with Crippen LogP contribution < -0.4 is 5.32 Å². The minimum atomic E-state index is -3.04. The van der Waals surface area contributed by atoms with Crippen molar-refractivity contribution in [3.05, 3.63) is 34.3 Å². The molecule has 108 valence electrons. The molecule has 0 spiro atoms. The molecule has 0 radical (unpaired) electrons. The second-order valence-electron chi connectivity index (χ2n) is 4.89. The van der Waals surface area contributed by atoms with E-state index in [4.69, 9.17) is 0 Å². The highest BCUT2D eigenvalue weighted by Crippen LogP contribution is 2.19. The number of nitrogens with one attached hydrogen (secondary N) is 1. The van der Waals surface area contributed by atoms with Crippen LogP contribution in [0.15, 0.2) is 28.7 Å². The fourth-order valence-corrected chi connectivity index (χ4v) is 3.17. The van der Waals surface area contributed by atoms with Crippen molar-refractivity contribution in [2.75, 3.05) is 12.8 Å². The van der Waals surface area contributed by atoms with Crippen LogP contribution in [0.5, 0.6) is 0 Å². The Bertz CT molecular complexity index is 502. The Morgan fingerprint density at radius 1 is 1.32 bits per heavy atom. The zero-order valence-corrected chi connectivity index (χ0v) is 14.1. The van der Waals surface area contributed by atoms with Crippen molar-refractivity contribution in [3.8, 4) is 0 Å². The van der Waals surface area contributed by atoms with Gasteiger partial charge in [0.1, 0.15) is 0 Å². The summed E-state index contributed by atoms with van der Waals surface area (Å²) >= 11 is 3.52. The van der Waals surface area contributed by atoms with Crippen LogP contribution in [0.1, 0.15) is 25.8 Å². The molecule has 0 aromatic heterocycles. The van der Waals surface area contributed by atoms with Gasteiger partial charge in [-0.1, -0.05) is 41.1 Å². The Kier molecular flexibility index (Phi) is 6.50. The number of hydrogen-bond acceptors (Lipinski definition) is 3. The standard InChI is InChI=1S/C14H22BrNO2S/c1-4-9-16-14(11(2)19(3,17)18)10-12-7-5-6-8-13(12)15/h5-8,11,14,16H,4,9-10H2,1-3H3. The van der Waals surface area contributed by atoms with Crippen molar-refractivity contribution in [2.45, 2.75) is 38.0 Å². The highest BCUT2D eigenvalue weighted by Gasteiger charge is 2.25. The Morgan fingerprint density at radius 3 is 2.47 bits per heavy atom. The molecule has 0 saturated carbocycles. The first-order chi connectivity index (χ1) is 8.86. The highest BCUT2D eigenvalue weighted by atomic mass is 79.9. The van der Waals surface area contributed by atoms with Gasteiger partial charge in [0, 0.05) is 16.8 Å². The monoisotopic (exact) mass is 347 g/mol. The van der Waals surface area contributed by atoms with Crippen LogP contribution in [0.4, 0.5) is 0 Å². The summed E-state index contributed by atoms with van der Waals surface area (Å²) in [7, 11) is -3.04. The van der Waals surface area contributed by atoms with Crippen molar-refractivity contribution in [3.63, 3.8) is 0 Å². The molecular weight excluding hydrogens is 326 g/mol. The summed E-state index contributed by atoms with van der Waals surface area (Å²) in [6.45, 7) is 4.68. The lowest BCUT2D eigenvalue weighted by molar-refractivity contribution is 0.481. The Balaban J connectivity index is 2.89. The molecule has 3 nitrogen and oxygen atoms in total. The third-order valence-corrected chi connectivity index (χ3v) is 5.75. The van der Waals surface area contributed by atoms with Gasteiger partial charge in [-0.2, -0.15) is 0 Å². The number of sulfone groups is 1. The van der Waals surface area contributed by atoms with Gasteiger partial charge < -0.3 is 5.32 Å². The maximum Gasteiger partial charge on any atom is 0.151 e. The minimum absolute atomic E-state index is 0.0614. The maximum absolute atomic E-state index is 11.8. The van der Waals surface area contributed by atoms with Gasteiger partial charge >= 0.3 is 0 Å². The number of halogens is 1. The van der Waals surface area contributed by atoms with E-state index in [1.165, 1.54) is 6.26 Å². The zero-order chi connectivity index (χ0) is 14.5. The van der Waals surface area contributed by atoms with Crippen molar-refractivity contribution in [1.29, 1.82) is 0 Å². The van der Waals surface area contributed by atoms with E-state index >= 15 is 0 Å². The van der Waals surface area contributed by atoms with E-state index in [-0.39, 0.29) is 6.04 Å². The van der Waals surface area contributed by atoms with Gasteiger partial charge in [0.15, 0.2) is 9.84 Å². The molecule has 1 aromatic rings. The average molecular weight is 348 g/mol. The van der Waals surface area contributed by atoms with E-state index in [0.717, 1.165) is 23.0 Å². The SMILES string of the molecule is CCCNC(Cc1ccccc1Br)C(C)S(C)(=O)=O. The molecule has 1 rings (SSSR count). The Morgan fingerprint density at radius 2 is 1.95 bits per heavy atom. The molecule has 0 heterocycles. The van der Waals surface area contributed by atoms with E-state index in [1.807, 2.05) is 24.3 Å². The molecular formula is C14H22BrNO2S. The van der Waals surface area contributed by atoms with E-state index in [0.29, 0.717) is 6.42 Å². The second kappa shape index (κ2) is 7.41. The molecule has 0 saturated heterocycles. The summed E-state index contributed by atoms with van der Waals surface area (Å²) in [4.78, 5) is 0. The first-order valence-corrected chi connectivity index (χ1v) is 9.26. The van der Waals surface area contributed by atoms with E-state index < -0.39 is 15.1 Å². The Labute approximate surface area is 124 Å². The topological polar surface area (TPSA) is 46.2 Å². The summed E-state index contributed by atoms with van der Waals surface area (Å²) in [6, 6.07) is 7.88. The zero-order valence-electron chi connectivity index (χ0n) is 11.7. The van der Waals surface area contributed by atoms with Gasteiger partial charge in [-0.15, -0.1) is 0 Å². The van der Waals surface area contributed by atoms with E-state index in [2.05, 4.69) is 28.2 Å². The number of rotatable bonds is 7. The molecule has 0 aliphatic rings. The summed E-state index contributed by atoms with van der Waals surface area (Å²) in [5, 5.41) is 2.95. The fraction of sp³-hybridized carbons (Fsp3) is 0.571. The van der Waals surface area contributed by atoms with Crippen molar-refractivity contribution < 1.29 is 8.42 Å². The fourth-order valence-electron chi connectivity index (χ4n) is 1.93. The molecule has 1 N–H and O–H groups in total. The first kappa shape index (κ1) is 16.7. The van der Waals surface area contributed by atoms with E-state index in [9.17, 15) is 8.42 Å². The molecule has 5 heteroatoms. The minimum Gasteiger partial charge on any atom is -0.312 e. The van der Waals surface area contributed by atoms with Gasteiger partial charge in [-0.05, 0) is 37.9 Å². The lowest BCUT2D eigenvalue weighted by Crippen LogP contribution is -2.44. The van der Waals surface area contributed by atoms with Crippen LogP contribution in [0.25, 0.3) is 0 Å². The van der Waals surface area contributed by atoms with Gasteiger partial charge in [-0.25, -0.2) is 8.42 Å².